The highest BCUT2D eigenvalue weighted by molar-refractivity contribution is 4.89. The van der Waals surface area contributed by atoms with Crippen LogP contribution in [0.25, 0.3) is 0 Å². The van der Waals surface area contributed by atoms with Crippen LogP contribution in [0.4, 0.5) is 13.2 Å². The maximum Gasteiger partial charge on any atom is 0.392 e. The number of rotatable bonds is 8. The summed E-state index contributed by atoms with van der Waals surface area (Å²) < 4.78 is 40.0. The lowest BCUT2D eigenvalue weighted by Gasteiger charge is -2.39. The zero-order valence-electron chi connectivity index (χ0n) is 13.8. The average molecular weight is 307 g/mol. The van der Waals surface area contributed by atoms with Gasteiger partial charge in [-0.25, -0.2) is 0 Å². The molecular weight excluding hydrogens is 275 g/mol. The lowest BCUT2D eigenvalue weighted by molar-refractivity contribution is -0.199. The van der Waals surface area contributed by atoms with Gasteiger partial charge >= 0.3 is 6.18 Å². The fourth-order valence-electron chi connectivity index (χ4n) is 3.83. The molecule has 1 nitrogen and oxygen atoms in total. The van der Waals surface area contributed by atoms with Crippen LogP contribution in [-0.2, 0) is 0 Å². The van der Waals surface area contributed by atoms with E-state index in [2.05, 4.69) is 26.1 Å². The van der Waals surface area contributed by atoms with E-state index in [4.69, 9.17) is 0 Å². The minimum atomic E-state index is -4.04. The van der Waals surface area contributed by atoms with Gasteiger partial charge in [-0.15, -0.1) is 0 Å². The Morgan fingerprint density at radius 3 is 2.33 bits per heavy atom. The molecule has 0 aromatic rings. The highest BCUT2D eigenvalue weighted by Gasteiger charge is 2.47. The molecule has 0 aromatic carbocycles. The summed E-state index contributed by atoms with van der Waals surface area (Å²) in [6.07, 6.45) is 2.75. The van der Waals surface area contributed by atoms with Gasteiger partial charge in [0.25, 0.3) is 0 Å². The number of hydrogen-bond donors (Lipinski definition) is 1. The van der Waals surface area contributed by atoms with E-state index >= 15 is 0 Å². The Balaban J connectivity index is 2.77. The van der Waals surface area contributed by atoms with Gasteiger partial charge in [0.1, 0.15) is 0 Å². The lowest BCUT2D eigenvalue weighted by Crippen LogP contribution is -2.46. The van der Waals surface area contributed by atoms with E-state index in [0.717, 1.165) is 51.5 Å². The largest absolute Gasteiger partial charge is 0.392 e. The zero-order chi connectivity index (χ0) is 15.9. The molecule has 126 valence electrons. The molecular formula is C17H32F3N. The van der Waals surface area contributed by atoms with E-state index in [-0.39, 0.29) is 12.0 Å². The smallest absolute Gasteiger partial charge is 0.314 e. The van der Waals surface area contributed by atoms with Crippen LogP contribution in [-0.4, -0.2) is 18.8 Å². The number of halogens is 3. The first-order valence-corrected chi connectivity index (χ1v) is 8.70. The topological polar surface area (TPSA) is 12.0 Å². The number of nitrogens with one attached hydrogen (secondary N) is 1. The second-order valence-electron chi connectivity index (χ2n) is 6.79. The van der Waals surface area contributed by atoms with Crippen molar-refractivity contribution in [3.8, 4) is 0 Å². The minimum Gasteiger partial charge on any atom is -0.314 e. The van der Waals surface area contributed by atoms with Crippen molar-refractivity contribution >= 4 is 0 Å². The van der Waals surface area contributed by atoms with Crippen LogP contribution in [0.15, 0.2) is 0 Å². The summed E-state index contributed by atoms with van der Waals surface area (Å²) in [5, 5.41) is 3.43. The standard InChI is InChI=1S/C17H32F3N/c1-4-8-13(3)12-16(21-11-5-2)14-9-6-7-10-15(14)17(18,19)20/h13-16,21H,4-12H2,1-3H3. The summed E-state index contributed by atoms with van der Waals surface area (Å²) in [4.78, 5) is 0. The highest BCUT2D eigenvalue weighted by atomic mass is 19.4. The Labute approximate surface area is 128 Å². The predicted molar refractivity (Wildman–Crippen MR) is 82.3 cm³/mol. The van der Waals surface area contributed by atoms with Gasteiger partial charge in [-0.2, -0.15) is 13.2 Å². The predicted octanol–water partition coefficient (Wildman–Crippen LogP) is 5.55. The van der Waals surface area contributed by atoms with Crippen LogP contribution < -0.4 is 5.32 Å². The van der Waals surface area contributed by atoms with Crippen LogP contribution in [0.2, 0.25) is 0 Å². The molecule has 4 unspecified atom stereocenters. The SMILES string of the molecule is CCCNC(CC(C)CCC)C1CCCCC1C(F)(F)F. The molecule has 0 bridgehead atoms. The Kier molecular flexibility index (Phi) is 8.07. The second-order valence-corrected chi connectivity index (χ2v) is 6.79. The fourth-order valence-corrected chi connectivity index (χ4v) is 3.83. The Morgan fingerprint density at radius 1 is 1.10 bits per heavy atom. The molecule has 1 aliphatic rings. The van der Waals surface area contributed by atoms with E-state index in [1.807, 2.05) is 0 Å². The van der Waals surface area contributed by atoms with Crippen LogP contribution in [0.5, 0.6) is 0 Å². The van der Waals surface area contributed by atoms with Crippen LogP contribution in [0, 0.1) is 17.8 Å². The quantitative estimate of drug-likeness (QED) is 0.620. The van der Waals surface area contributed by atoms with Crippen molar-refractivity contribution in [2.45, 2.75) is 84.4 Å². The molecule has 0 amide bonds. The van der Waals surface area contributed by atoms with Gasteiger partial charge < -0.3 is 5.32 Å². The molecule has 1 rings (SSSR count). The summed E-state index contributed by atoms with van der Waals surface area (Å²) in [6.45, 7) is 7.21. The molecule has 0 heterocycles. The first-order chi connectivity index (χ1) is 9.90. The maximum absolute atomic E-state index is 13.3. The monoisotopic (exact) mass is 307 g/mol. The normalized spacial score (nSPS) is 26.6. The molecule has 0 aromatic heterocycles. The minimum absolute atomic E-state index is 0.0263. The first kappa shape index (κ1) is 18.8. The van der Waals surface area contributed by atoms with Gasteiger partial charge in [0.15, 0.2) is 0 Å². The van der Waals surface area contributed by atoms with Crippen molar-refractivity contribution < 1.29 is 13.2 Å². The summed E-state index contributed by atoms with van der Waals surface area (Å²) in [5.41, 5.74) is 0. The molecule has 0 radical (unpaired) electrons. The van der Waals surface area contributed by atoms with Crippen molar-refractivity contribution in [3.05, 3.63) is 0 Å². The van der Waals surface area contributed by atoms with Gasteiger partial charge in [0.05, 0.1) is 5.92 Å². The van der Waals surface area contributed by atoms with E-state index in [0.29, 0.717) is 12.3 Å². The van der Waals surface area contributed by atoms with Crippen molar-refractivity contribution in [2.75, 3.05) is 6.54 Å². The molecule has 0 saturated heterocycles. The molecule has 0 aliphatic heterocycles. The third kappa shape index (κ3) is 6.17. The number of alkyl halides is 3. The van der Waals surface area contributed by atoms with Gasteiger partial charge in [0, 0.05) is 6.04 Å². The summed E-state index contributed by atoms with van der Waals surface area (Å²) >= 11 is 0. The number of hydrogen-bond acceptors (Lipinski definition) is 1. The molecule has 4 heteroatoms. The third-order valence-corrected chi connectivity index (χ3v) is 4.85. The van der Waals surface area contributed by atoms with E-state index in [1.54, 1.807) is 0 Å². The summed E-state index contributed by atoms with van der Waals surface area (Å²) in [6, 6.07) is 0.0263. The summed E-state index contributed by atoms with van der Waals surface area (Å²) in [7, 11) is 0. The molecule has 0 spiro atoms. The van der Waals surface area contributed by atoms with Gasteiger partial charge in [-0.3, -0.25) is 0 Å². The van der Waals surface area contributed by atoms with Crippen LogP contribution in [0.3, 0.4) is 0 Å². The maximum atomic E-state index is 13.3. The van der Waals surface area contributed by atoms with E-state index in [1.165, 1.54) is 0 Å². The van der Waals surface area contributed by atoms with Gasteiger partial charge in [-0.1, -0.05) is 46.5 Å². The fraction of sp³-hybridized carbons (Fsp3) is 1.00. The van der Waals surface area contributed by atoms with Crippen molar-refractivity contribution in [1.29, 1.82) is 0 Å². The zero-order valence-corrected chi connectivity index (χ0v) is 13.8. The Hall–Kier alpha value is -0.250. The van der Waals surface area contributed by atoms with Crippen LogP contribution in [0.1, 0.15) is 72.1 Å². The lowest BCUT2D eigenvalue weighted by atomic mass is 9.72. The van der Waals surface area contributed by atoms with Crippen molar-refractivity contribution in [2.24, 2.45) is 17.8 Å². The third-order valence-electron chi connectivity index (χ3n) is 4.85. The molecule has 1 aliphatic carbocycles. The Bertz CT molecular complexity index is 278. The van der Waals surface area contributed by atoms with Crippen molar-refractivity contribution in [3.63, 3.8) is 0 Å². The van der Waals surface area contributed by atoms with E-state index < -0.39 is 12.1 Å². The van der Waals surface area contributed by atoms with E-state index in [9.17, 15) is 13.2 Å². The molecule has 1 fully saturated rings. The average Bonchev–Trinajstić information content (AvgIpc) is 2.43. The molecule has 4 atom stereocenters. The first-order valence-electron chi connectivity index (χ1n) is 8.70. The van der Waals surface area contributed by atoms with Gasteiger partial charge in [0.2, 0.25) is 0 Å². The second kappa shape index (κ2) is 9.02. The summed E-state index contributed by atoms with van der Waals surface area (Å²) in [5.74, 6) is -0.834. The van der Waals surface area contributed by atoms with Crippen LogP contribution >= 0.6 is 0 Å². The molecule has 1 N–H and O–H groups in total. The van der Waals surface area contributed by atoms with Crippen molar-refractivity contribution in [1.82, 2.24) is 5.32 Å². The Morgan fingerprint density at radius 2 is 1.76 bits per heavy atom. The molecule has 1 saturated carbocycles. The molecule has 21 heavy (non-hydrogen) atoms. The highest BCUT2D eigenvalue weighted by Crippen LogP contribution is 2.44. The van der Waals surface area contributed by atoms with Gasteiger partial charge in [-0.05, 0) is 44.1 Å².